The third kappa shape index (κ3) is 6.14. The Morgan fingerprint density at radius 3 is 2.36 bits per heavy atom. The van der Waals surface area contributed by atoms with Crippen LogP contribution in [0.4, 0.5) is 11.4 Å². The summed E-state index contributed by atoms with van der Waals surface area (Å²) in [5.74, 6) is 0.625. The number of amides is 2. The van der Waals surface area contributed by atoms with Crippen molar-refractivity contribution in [2.75, 3.05) is 45.0 Å². The van der Waals surface area contributed by atoms with E-state index in [0.29, 0.717) is 27.9 Å². The molecule has 2 aromatic carbocycles. The van der Waals surface area contributed by atoms with Crippen LogP contribution in [-0.4, -0.2) is 51.1 Å². The Kier molecular flexibility index (Phi) is 7.66. The number of anilines is 2. The van der Waals surface area contributed by atoms with Gasteiger partial charge in [0.15, 0.2) is 0 Å². The van der Waals surface area contributed by atoms with Crippen LogP contribution in [0.15, 0.2) is 36.4 Å². The van der Waals surface area contributed by atoms with Crippen molar-refractivity contribution in [2.24, 2.45) is 0 Å². The first-order valence-electron chi connectivity index (χ1n) is 8.58. The summed E-state index contributed by atoms with van der Waals surface area (Å²) in [7, 11) is 4.76. The molecule has 0 unspecified atom stereocenters. The highest BCUT2D eigenvalue weighted by atomic mass is 35.5. The van der Waals surface area contributed by atoms with Gasteiger partial charge in [-0.1, -0.05) is 17.7 Å². The van der Waals surface area contributed by atoms with E-state index in [1.165, 1.54) is 7.11 Å². The molecule has 0 heterocycles. The largest absolute Gasteiger partial charge is 0.497 e. The van der Waals surface area contributed by atoms with Gasteiger partial charge in [-0.05, 0) is 37.7 Å². The van der Waals surface area contributed by atoms with E-state index < -0.39 is 0 Å². The third-order valence-corrected chi connectivity index (χ3v) is 4.34. The van der Waals surface area contributed by atoms with Gasteiger partial charge in [-0.25, -0.2) is 0 Å². The number of benzene rings is 2. The second-order valence-corrected chi connectivity index (χ2v) is 6.71. The predicted octanol–water partition coefficient (Wildman–Crippen LogP) is 3.17. The van der Waals surface area contributed by atoms with Gasteiger partial charge >= 0.3 is 0 Å². The summed E-state index contributed by atoms with van der Waals surface area (Å²) >= 11 is 6.08. The number of hydrogen-bond donors (Lipinski definition) is 2. The quantitative estimate of drug-likeness (QED) is 0.705. The van der Waals surface area contributed by atoms with Crippen LogP contribution < -0.4 is 20.1 Å². The van der Waals surface area contributed by atoms with Gasteiger partial charge in [0.1, 0.15) is 11.5 Å². The Morgan fingerprint density at radius 2 is 1.71 bits per heavy atom. The predicted molar refractivity (Wildman–Crippen MR) is 110 cm³/mol. The molecule has 2 amide bonds. The molecule has 0 bridgehead atoms. The van der Waals surface area contributed by atoms with Crippen LogP contribution in [0.3, 0.4) is 0 Å². The lowest BCUT2D eigenvalue weighted by molar-refractivity contribution is -0.119. The average Bonchev–Trinajstić information content (AvgIpc) is 2.64. The number of nitrogens with zero attached hydrogens (tertiary/aromatic N) is 1. The van der Waals surface area contributed by atoms with Gasteiger partial charge in [0, 0.05) is 22.8 Å². The summed E-state index contributed by atoms with van der Waals surface area (Å²) in [6, 6.07) is 10.5. The smallest absolute Gasteiger partial charge is 0.238 e. The highest BCUT2D eigenvalue weighted by molar-refractivity contribution is 6.31. The fraction of sp³-hybridized carbons (Fsp3) is 0.300. The Balaban J connectivity index is 1.90. The molecule has 0 atom stereocenters. The topological polar surface area (TPSA) is 79.9 Å². The summed E-state index contributed by atoms with van der Waals surface area (Å²) in [6.45, 7) is 1.93. The Labute approximate surface area is 169 Å². The maximum Gasteiger partial charge on any atom is 0.238 e. The zero-order valence-electron chi connectivity index (χ0n) is 16.3. The fourth-order valence-electron chi connectivity index (χ4n) is 2.57. The minimum Gasteiger partial charge on any atom is -0.497 e. The molecule has 0 aliphatic heterocycles. The summed E-state index contributed by atoms with van der Waals surface area (Å²) in [6.07, 6.45) is 0. The molecule has 0 spiro atoms. The summed E-state index contributed by atoms with van der Waals surface area (Å²) in [5, 5.41) is 6.12. The van der Waals surface area contributed by atoms with E-state index >= 15 is 0 Å². The second-order valence-electron chi connectivity index (χ2n) is 6.30. The molecule has 0 aliphatic rings. The molecular formula is C20H24ClN3O4. The molecule has 0 aliphatic carbocycles. The number of halogens is 1. The molecule has 0 fully saturated rings. The first kappa shape index (κ1) is 21.5. The average molecular weight is 406 g/mol. The van der Waals surface area contributed by atoms with Gasteiger partial charge in [0.25, 0.3) is 0 Å². The molecule has 2 rings (SSSR count). The number of carbonyl (C=O) groups is 2. The van der Waals surface area contributed by atoms with Crippen molar-refractivity contribution in [3.05, 3.63) is 47.0 Å². The van der Waals surface area contributed by atoms with Crippen LogP contribution >= 0.6 is 11.6 Å². The van der Waals surface area contributed by atoms with Crippen molar-refractivity contribution in [1.82, 2.24) is 4.90 Å². The fourth-order valence-corrected chi connectivity index (χ4v) is 2.72. The molecule has 150 valence electrons. The van der Waals surface area contributed by atoms with Gasteiger partial charge in [-0.2, -0.15) is 0 Å². The molecule has 7 nitrogen and oxygen atoms in total. The monoisotopic (exact) mass is 405 g/mol. The normalized spacial score (nSPS) is 10.5. The molecule has 0 aromatic heterocycles. The van der Waals surface area contributed by atoms with Crippen molar-refractivity contribution in [3.63, 3.8) is 0 Å². The standard InChI is InChI=1S/C20H24ClN3O4/c1-13-8-17(18(28-4)10-16(13)21)23-20(26)12-24(2)11-19(25)22-14-6-5-7-15(9-14)27-3/h5-10H,11-12H2,1-4H3,(H,22,25)(H,23,26). The summed E-state index contributed by atoms with van der Waals surface area (Å²) in [5.41, 5.74) is 1.98. The molecule has 28 heavy (non-hydrogen) atoms. The van der Waals surface area contributed by atoms with E-state index in [1.54, 1.807) is 55.5 Å². The molecule has 8 heteroatoms. The Morgan fingerprint density at radius 1 is 1.04 bits per heavy atom. The van der Waals surface area contributed by atoms with Gasteiger partial charge in [-0.15, -0.1) is 0 Å². The first-order chi connectivity index (χ1) is 13.3. The van der Waals surface area contributed by atoms with Gasteiger partial charge < -0.3 is 20.1 Å². The maximum absolute atomic E-state index is 12.3. The van der Waals surface area contributed by atoms with Crippen LogP contribution in [0.1, 0.15) is 5.56 Å². The van der Waals surface area contributed by atoms with Crippen LogP contribution in [0.25, 0.3) is 0 Å². The molecule has 2 aromatic rings. The van der Waals surface area contributed by atoms with Gasteiger partial charge in [-0.3, -0.25) is 14.5 Å². The molecule has 0 saturated heterocycles. The third-order valence-electron chi connectivity index (χ3n) is 3.94. The van der Waals surface area contributed by atoms with Crippen molar-refractivity contribution in [2.45, 2.75) is 6.92 Å². The number of ether oxygens (including phenoxy) is 2. The molecule has 2 N–H and O–H groups in total. The highest BCUT2D eigenvalue weighted by Gasteiger charge is 2.14. The minimum atomic E-state index is -0.267. The van der Waals surface area contributed by atoms with Crippen LogP contribution in [0.2, 0.25) is 5.02 Å². The van der Waals surface area contributed by atoms with Crippen LogP contribution in [0, 0.1) is 6.92 Å². The highest BCUT2D eigenvalue weighted by Crippen LogP contribution is 2.30. The van der Waals surface area contributed by atoms with E-state index in [9.17, 15) is 9.59 Å². The lowest BCUT2D eigenvalue weighted by atomic mass is 10.2. The van der Waals surface area contributed by atoms with E-state index in [1.807, 2.05) is 6.92 Å². The lowest BCUT2D eigenvalue weighted by Crippen LogP contribution is -2.36. The summed E-state index contributed by atoms with van der Waals surface area (Å²) in [4.78, 5) is 26.1. The van der Waals surface area contributed by atoms with E-state index in [-0.39, 0.29) is 24.9 Å². The second kappa shape index (κ2) is 9.96. The SMILES string of the molecule is COc1cccc(NC(=O)CN(C)CC(=O)Nc2cc(C)c(Cl)cc2OC)c1. The van der Waals surface area contributed by atoms with E-state index in [4.69, 9.17) is 21.1 Å². The number of carbonyl (C=O) groups excluding carboxylic acids is 2. The Bertz CT molecular complexity index is 857. The minimum absolute atomic E-state index is 0.0381. The number of nitrogens with one attached hydrogen (secondary N) is 2. The first-order valence-corrected chi connectivity index (χ1v) is 8.96. The molecule has 0 radical (unpaired) electrons. The van der Waals surface area contributed by atoms with Gasteiger partial charge in [0.05, 0.1) is 33.0 Å². The molecular weight excluding hydrogens is 382 g/mol. The van der Waals surface area contributed by atoms with Crippen LogP contribution in [0.5, 0.6) is 11.5 Å². The van der Waals surface area contributed by atoms with Crippen molar-refractivity contribution in [3.8, 4) is 11.5 Å². The van der Waals surface area contributed by atoms with Gasteiger partial charge in [0.2, 0.25) is 11.8 Å². The van der Waals surface area contributed by atoms with Crippen molar-refractivity contribution < 1.29 is 19.1 Å². The van der Waals surface area contributed by atoms with E-state index in [0.717, 1.165) is 5.56 Å². The number of aryl methyl sites for hydroxylation is 1. The number of methoxy groups -OCH3 is 2. The lowest BCUT2D eigenvalue weighted by Gasteiger charge is -2.17. The van der Waals surface area contributed by atoms with Crippen molar-refractivity contribution in [1.29, 1.82) is 0 Å². The van der Waals surface area contributed by atoms with Crippen molar-refractivity contribution >= 4 is 34.8 Å². The zero-order chi connectivity index (χ0) is 20.7. The number of hydrogen-bond acceptors (Lipinski definition) is 5. The number of likely N-dealkylation sites (N-methyl/N-ethyl adjacent to an activating group) is 1. The summed E-state index contributed by atoms with van der Waals surface area (Å²) < 4.78 is 10.4. The number of rotatable bonds is 8. The van der Waals surface area contributed by atoms with E-state index in [2.05, 4.69) is 10.6 Å². The zero-order valence-corrected chi connectivity index (χ0v) is 17.1. The molecule has 0 saturated carbocycles. The van der Waals surface area contributed by atoms with Crippen LogP contribution in [-0.2, 0) is 9.59 Å². The maximum atomic E-state index is 12.3. The Hall–Kier alpha value is -2.77.